The lowest BCUT2D eigenvalue weighted by Gasteiger charge is -2.14. The molecule has 12 aromatic carbocycles. The molecule has 0 aliphatic carbocycles. The van der Waals surface area contributed by atoms with Crippen LogP contribution in [0.15, 0.2) is 218 Å². The molecule has 14 rings (SSSR count). The molecule has 0 bridgehead atoms. The van der Waals surface area contributed by atoms with E-state index < -0.39 is 0 Å². The first kappa shape index (κ1) is 33.6. The van der Waals surface area contributed by atoms with E-state index in [0.717, 1.165) is 11.4 Å². The molecular weight excluding hydrogens is 749 g/mol. The number of benzene rings is 12. The molecule has 0 saturated heterocycles. The van der Waals surface area contributed by atoms with Crippen LogP contribution in [0.25, 0.3) is 131 Å². The van der Waals surface area contributed by atoms with E-state index in [1.807, 2.05) is 0 Å². The highest BCUT2D eigenvalue weighted by Gasteiger charge is 2.18. The zero-order chi connectivity index (χ0) is 40.5. The van der Waals surface area contributed by atoms with E-state index in [1.54, 1.807) is 0 Å². The topological polar surface area (TPSA) is 9.86 Å². The van der Waals surface area contributed by atoms with E-state index in [9.17, 15) is 0 Å². The molecule has 2 aromatic heterocycles. The number of hydrogen-bond donors (Lipinski definition) is 0. The van der Waals surface area contributed by atoms with Gasteiger partial charge in [-0.05, 0) is 124 Å². The fourth-order valence-corrected chi connectivity index (χ4v) is 10.9. The molecule has 0 aliphatic rings. The summed E-state index contributed by atoms with van der Waals surface area (Å²) >= 11 is 0. The third kappa shape index (κ3) is 4.64. The first-order chi connectivity index (χ1) is 30.8. The van der Waals surface area contributed by atoms with Crippen molar-refractivity contribution in [3.05, 3.63) is 218 Å². The van der Waals surface area contributed by atoms with Crippen molar-refractivity contribution in [2.24, 2.45) is 0 Å². The highest BCUT2D eigenvalue weighted by Crippen LogP contribution is 2.42. The highest BCUT2D eigenvalue weighted by molar-refractivity contribution is 6.27. The molecule has 0 spiro atoms. The first-order valence-electron chi connectivity index (χ1n) is 21.5. The minimum Gasteiger partial charge on any atom is -0.309 e. The molecule has 2 heterocycles. The maximum absolute atomic E-state index is 2.47. The molecule has 0 amide bonds. The second-order valence-electron chi connectivity index (χ2n) is 16.8. The van der Waals surface area contributed by atoms with E-state index in [4.69, 9.17) is 0 Å². The zero-order valence-corrected chi connectivity index (χ0v) is 33.7. The maximum Gasteiger partial charge on any atom is 0.0547 e. The van der Waals surface area contributed by atoms with Gasteiger partial charge in [-0.25, -0.2) is 0 Å². The minimum absolute atomic E-state index is 1.16. The molecule has 62 heavy (non-hydrogen) atoms. The van der Waals surface area contributed by atoms with E-state index >= 15 is 0 Å². The average Bonchev–Trinajstić information content (AvgIpc) is 3.86. The summed E-state index contributed by atoms with van der Waals surface area (Å²) < 4.78 is 4.94. The number of fused-ring (bicyclic) bond motifs is 18. The summed E-state index contributed by atoms with van der Waals surface area (Å²) in [5.74, 6) is 0. The van der Waals surface area contributed by atoms with Gasteiger partial charge < -0.3 is 9.13 Å². The quantitative estimate of drug-likeness (QED) is 0.158. The highest BCUT2D eigenvalue weighted by atomic mass is 15.0. The Hall–Kier alpha value is -8.20. The van der Waals surface area contributed by atoms with Crippen LogP contribution in [0.2, 0.25) is 0 Å². The van der Waals surface area contributed by atoms with Crippen LogP contribution in [0.1, 0.15) is 0 Å². The predicted octanol–water partition coefficient (Wildman–Crippen LogP) is 16.5. The van der Waals surface area contributed by atoms with Gasteiger partial charge in [0.2, 0.25) is 0 Å². The average molecular weight is 785 g/mol. The monoisotopic (exact) mass is 784 g/mol. The molecule has 2 heteroatoms. The Kier molecular flexibility index (Phi) is 6.86. The number of hydrogen-bond acceptors (Lipinski definition) is 0. The lowest BCUT2D eigenvalue weighted by atomic mass is 9.94. The Bertz CT molecular complexity index is 3870. The Morgan fingerprint density at radius 1 is 0.177 bits per heavy atom. The van der Waals surface area contributed by atoms with Crippen LogP contribution in [0.4, 0.5) is 0 Å². The van der Waals surface area contributed by atoms with Crippen molar-refractivity contribution in [1.82, 2.24) is 9.13 Å². The van der Waals surface area contributed by atoms with Gasteiger partial charge in [0.1, 0.15) is 0 Å². The Morgan fingerprint density at radius 3 is 0.790 bits per heavy atom. The molecule has 2 nitrogen and oxygen atoms in total. The van der Waals surface area contributed by atoms with Gasteiger partial charge in [0, 0.05) is 32.9 Å². The van der Waals surface area contributed by atoms with Crippen LogP contribution in [-0.2, 0) is 0 Å². The molecule has 0 aliphatic heterocycles. The molecule has 14 aromatic rings. The van der Waals surface area contributed by atoms with E-state index in [-0.39, 0.29) is 0 Å². The molecule has 286 valence electrons. The van der Waals surface area contributed by atoms with Crippen LogP contribution in [0.5, 0.6) is 0 Å². The van der Waals surface area contributed by atoms with Crippen molar-refractivity contribution in [1.29, 1.82) is 0 Å². The van der Waals surface area contributed by atoms with Crippen molar-refractivity contribution in [2.45, 2.75) is 0 Å². The predicted molar refractivity (Wildman–Crippen MR) is 266 cm³/mol. The molecule has 0 unspecified atom stereocenters. The molecular formula is C60H36N2. The number of aromatic nitrogens is 2. The molecule has 0 radical (unpaired) electrons. The van der Waals surface area contributed by atoms with Gasteiger partial charge in [-0.2, -0.15) is 0 Å². The van der Waals surface area contributed by atoms with Crippen molar-refractivity contribution in [3.8, 4) is 22.5 Å². The van der Waals surface area contributed by atoms with Gasteiger partial charge >= 0.3 is 0 Å². The summed E-state index contributed by atoms with van der Waals surface area (Å²) in [6, 6.07) is 81.2. The lowest BCUT2D eigenvalue weighted by Crippen LogP contribution is -1.95. The third-order valence-corrected chi connectivity index (χ3v) is 13.7. The van der Waals surface area contributed by atoms with Gasteiger partial charge in [-0.15, -0.1) is 0 Å². The summed E-state index contributed by atoms with van der Waals surface area (Å²) in [4.78, 5) is 0. The van der Waals surface area contributed by atoms with Crippen LogP contribution >= 0.6 is 0 Å². The normalized spacial score (nSPS) is 12.2. The number of para-hydroxylation sites is 2. The fraction of sp³-hybridized carbons (Fsp3) is 0. The summed E-state index contributed by atoms with van der Waals surface area (Å²) in [5.41, 5.74) is 9.50. The van der Waals surface area contributed by atoms with Gasteiger partial charge in [0.05, 0.1) is 22.1 Å². The second kappa shape index (κ2) is 12.7. The number of nitrogens with zero attached hydrogens (tertiary/aromatic N) is 2. The van der Waals surface area contributed by atoms with Crippen molar-refractivity contribution in [3.63, 3.8) is 0 Å². The SMILES string of the molecule is c1ccc2c(c1)c1ccccc1c1cc(-n3c4ccccc4c4ccc(-c5ccc6c7ccccc7n(-c7ccc8c9ccccc9c9ccccc9c8c7)c6c5)cc43)ccc21. The molecule has 0 N–H and O–H groups in total. The molecule has 0 atom stereocenters. The van der Waals surface area contributed by atoms with Crippen LogP contribution < -0.4 is 0 Å². The standard InChI is InChI=1S/C60H36N2/c1-3-17-45-41(13-1)43-15-5-7-19-47(43)55-35-39(27-31-49(45)55)61-57-23-11-9-21-51(57)53-29-25-37(33-59(53)61)38-26-30-54-52-22-10-12-24-58(52)62(60(54)34-38)40-28-32-50-46-18-4-2-14-42(46)44-16-6-8-20-48(44)56(50)36-40/h1-36H. The van der Waals surface area contributed by atoms with E-state index in [1.165, 1.54) is 119 Å². The Labute approximate surface area is 356 Å². The van der Waals surface area contributed by atoms with Crippen molar-refractivity contribution >= 4 is 108 Å². The van der Waals surface area contributed by atoms with Crippen molar-refractivity contribution in [2.75, 3.05) is 0 Å². The maximum atomic E-state index is 2.47. The van der Waals surface area contributed by atoms with Gasteiger partial charge in [0.25, 0.3) is 0 Å². The fourth-order valence-electron chi connectivity index (χ4n) is 10.9. The summed E-state index contributed by atoms with van der Waals surface area (Å²) in [7, 11) is 0. The molecule has 0 fully saturated rings. The Balaban J connectivity index is 0.992. The summed E-state index contributed by atoms with van der Waals surface area (Å²) in [6.45, 7) is 0. The van der Waals surface area contributed by atoms with Crippen LogP contribution in [0, 0.1) is 0 Å². The van der Waals surface area contributed by atoms with E-state index in [0.29, 0.717) is 0 Å². The minimum atomic E-state index is 1.16. The van der Waals surface area contributed by atoms with Gasteiger partial charge in [-0.1, -0.05) is 170 Å². The van der Waals surface area contributed by atoms with E-state index in [2.05, 4.69) is 228 Å². The van der Waals surface area contributed by atoms with Crippen molar-refractivity contribution < 1.29 is 0 Å². The van der Waals surface area contributed by atoms with Gasteiger partial charge in [0.15, 0.2) is 0 Å². The largest absolute Gasteiger partial charge is 0.309 e. The van der Waals surface area contributed by atoms with Crippen LogP contribution in [-0.4, -0.2) is 9.13 Å². The smallest absolute Gasteiger partial charge is 0.0547 e. The lowest BCUT2D eigenvalue weighted by molar-refractivity contribution is 1.18. The summed E-state index contributed by atoms with van der Waals surface area (Å²) in [5, 5.41) is 20.4. The Morgan fingerprint density at radius 2 is 0.435 bits per heavy atom. The second-order valence-corrected chi connectivity index (χ2v) is 16.8. The zero-order valence-electron chi connectivity index (χ0n) is 33.7. The first-order valence-corrected chi connectivity index (χ1v) is 21.5. The molecule has 0 saturated carbocycles. The van der Waals surface area contributed by atoms with Gasteiger partial charge in [-0.3, -0.25) is 0 Å². The third-order valence-electron chi connectivity index (χ3n) is 13.7. The van der Waals surface area contributed by atoms with Crippen LogP contribution in [0.3, 0.4) is 0 Å². The number of rotatable bonds is 3. The summed E-state index contributed by atoms with van der Waals surface area (Å²) in [6.07, 6.45) is 0.